The average Bonchev–Trinajstić information content (AvgIpc) is 2.63. The van der Waals surface area contributed by atoms with Crippen molar-refractivity contribution in [3.8, 4) is 0 Å². The molecule has 0 aliphatic carbocycles. The van der Waals surface area contributed by atoms with E-state index in [9.17, 15) is 8.42 Å². The average molecular weight is 355 g/mol. The molecule has 1 aromatic carbocycles. The minimum Gasteiger partial charge on any atom is -0.340 e. The molecular formula is C17H17N5O2S. The molecule has 0 unspecified atom stereocenters. The quantitative estimate of drug-likeness (QED) is 0.701. The normalized spacial score (nSPS) is 11.1. The third-order valence-corrected chi connectivity index (χ3v) is 5.20. The van der Waals surface area contributed by atoms with Crippen LogP contribution in [0.4, 0.5) is 23.0 Å². The van der Waals surface area contributed by atoms with Gasteiger partial charge >= 0.3 is 0 Å². The van der Waals surface area contributed by atoms with Crippen molar-refractivity contribution < 1.29 is 8.42 Å². The first-order valence-corrected chi connectivity index (χ1v) is 9.31. The van der Waals surface area contributed by atoms with Crippen LogP contribution in [0.3, 0.4) is 0 Å². The molecule has 3 rings (SSSR count). The highest BCUT2D eigenvalue weighted by atomic mass is 32.2. The molecule has 0 fully saturated rings. The van der Waals surface area contributed by atoms with Gasteiger partial charge in [-0.15, -0.1) is 0 Å². The fraction of sp³-hybridized carbons (Fsp3) is 0.118. The van der Waals surface area contributed by atoms with Crippen molar-refractivity contribution in [1.82, 2.24) is 15.0 Å². The Morgan fingerprint density at radius 1 is 0.920 bits per heavy atom. The van der Waals surface area contributed by atoms with E-state index in [1.165, 1.54) is 6.33 Å². The van der Waals surface area contributed by atoms with E-state index in [1.807, 2.05) is 12.1 Å². The monoisotopic (exact) mass is 355 g/mol. The summed E-state index contributed by atoms with van der Waals surface area (Å²) in [4.78, 5) is 12.6. The van der Waals surface area contributed by atoms with Gasteiger partial charge in [0, 0.05) is 29.8 Å². The fourth-order valence-electron chi connectivity index (χ4n) is 2.16. The van der Waals surface area contributed by atoms with Crippen molar-refractivity contribution in [2.24, 2.45) is 0 Å². The third kappa shape index (κ3) is 4.30. The van der Waals surface area contributed by atoms with E-state index in [0.717, 1.165) is 5.69 Å². The van der Waals surface area contributed by atoms with Gasteiger partial charge in [0.15, 0.2) is 9.84 Å². The Morgan fingerprint density at radius 3 is 2.28 bits per heavy atom. The van der Waals surface area contributed by atoms with Gasteiger partial charge in [0.2, 0.25) is 0 Å². The van der Waals surface area contributed by atoms with Crippen molar-refractivity contribution in [1.29, 1.82) is 0 Å². The van der Waals surface area contributed by atoms with Crippen LogP contribution in [0.1, 0.15) is 6.92 Å². The van der Waals surface area contributed by atoms with Crippen LogP contribution in [0.15, 0.2) is 66.1 Å². The minimum atomic E-state index is -3.25. The molecule has 0 spiro atoms. The zero-order chi connectivity index (χ0) is 17.7. The summed E-state index contributed by atoms with van der Waals surface area (Å²) in [7, 11) is -3.25. The Labute approximate surface area is 146 Å². The van der Waals surface area contributed by atoms with Gasteiger partial charge in [-0.05, 0) is 30.3 Å². The molecule has 25 heavy (non-hydrogen) atoms. The highest BCUT2D eigenvalue weighted by Crippen LogP contribution is 2.21. The van der Waals surface area contributed by atoms with Gasteiger partial charge in [0.05, 0.1) is 10.6 Å². The predicted molar refractivity (Wildman–Crippen MR) is 97.0 cm³/mol. The maximum Gasteiger partial charge on any atom is 0.178 e. The van der Waals surface area contributed by atoms with Crippen LogP contribution < -0.4 is 10.6 Å². The van der Waals surface area contributed by atoms with E-state index in [4.69, 9.17) is 0 Å². The predicted octanol–water partition coefficient (Wildman–Crippen LogP) is 3.15. The second-order valence-corrected chi connectivity index (χ2v) is 7.48. The van der Waals surface area contributed by atoms with Gasteiger partial charge in [-0.3, -0.25) is 4.98 Å². The second-order valence-electron chi connectivity index (χ2n) is 5.21. The SMILES string of the molecule is CCS(=O)(=O)c1cccc(Nc2cc(Nc3ccncc3)ncn2)c1. The zero-order valence-electron chi connectivity index (χ0n) is 13.5. The minimum absolute atomic E-state index is 0.0595. The van der Waals surface area contributed by atoms with Crippen molar-refractivity contribution in [3.63, 3.8) is 0 Å². The Hall–Kier alpha value is -3.00. The van der Waals surface area contributed by atoms with E-state index in [0.29, 0.717) is 17.3 Å². The molecular weight excluding hydrogens is 338 g/mol. The summed E-state index contributed by atoms with van der Waals surface area (Å²) in [6.45, 7) is 1.62. The number of hydrogen-bond donors (Lipinski definition) is 2. The molecule has 0 saturated carbocycles. The summed E-state index contributed by atoms with van der Waals surface area (Å²) in [5.41, 5.74) is 1.50. The van der Waals surface area contributed by atoms with Gasteiger partial charge in [-0.1, -0.05) is 13.0 Å². The van der Waals surface area contributed by atoms with Crippen LogP contribution in [0.2, 0.25) is 0 Å². The molecule has 8 heteroatoms. The van der Waals surface area contributed by atoms with Gasteiger partial charge in [0.1, 0.15) is 18.0 Å². The lowest BCUT2D eigenvalue weighted by atomic mass is 10.3. The first-order valence-electron chi connectivity index (χ1n) is 7.66. The summed E-state index contributed by atoms with van der Waals surface area (Å²) in [6.07, 6.45) is 4.79. The van der Waals surface area contributed by atoms with Crippen LogP contribution >= 0.6 is 0 Å². The molecule has 0 aliphatic heterocycles. The van der Waals surface area contributed by atoms with E-state index in [-0.39, 0.29) is 10.6 Å². The Balaban J connectivity index is 1.80. The van der Waals surface area contributed by atoms with E-state index in [2.05, 4.69) is 25.6 Å². The van der Waals surface area contributed by atoms with E-state index < -0.39 is 9.84 Å². The van der Waals surface area contributed by atoms with E-state index in [1.54, 1.807) is 49.6 Å². The Bertz CT molecular complexity index is 962. The van der Waals surface area contributed by atoms with Gasteiger partial charge in [0.25, 0.3) is 0 Å². The molecule has 2 N–H and O–H groups in total. The summed E-state index contributed by atoms with van der Waals surface area (Å²) < 4.78 is 24.0. The Kier molecular flexibility index (Phi) is 4.90. The molecule has 2 heterocycles. The molecule has 0 radical (unpaired) electrons. The number of nitrogens with one attached hydrogen (secondary N) is 2. The summed E-state index contributed by atoms with van der Waals surface area (Å²) >= 11 is 0. The smallest absolute Gasteiger partial charge is 0.178 e. The molecule has 0 aliphatic rings. The highest BCUT2D eigenvalue weighted by Gasteiger charge is 2.11. The lowest BCUT2D eigenvalue weighted by molar-refractivity contribution is 0.597. The zero-order valence-corrected chi connectivity index (χ0v) is 14.4. The van der Waals surface area contributed by atoms with E-state index >= 15 is 0 Å². The lowest BCUT2D eigenvalue weighted by Gasteiger charge is -2.09. The van der Waals surface area contributed by atoms with Crippen LogP contribution in [0.25, 0.3) is 0 Å². The number of benzene rings is 1. The van der Waals surface area contributed by atoms with Gasteiger partial charge in [-0.2, -0.15) is 0 Å². The van der Waals surface area contributed by atoms with Crippen LogP contribution in [-0.2, 0) is 9.84 Å². The fourth-order valence-corrected chi connectivity index (χ4v) is 3.08. The summed E-state index contributed by atoms with van der Waals surface area (Å²) in [5.74, 6) is 1.22. The van der Waals surface area contributed by atoms with Gasteiger partial charge < -0.3 is 10.6 Å². The molecule has 0 bridgehead atoms. The van der Waals surface area contributed by atoms with Crippen molar-refractivity contribution in [2.75, 3.05) is 16.4 Å². The maximum atomic E-state index is 12.0. The molecule has 128 valence electrons. The number of sulfone groups is 1. The van der Waals surface area contributed by atoms with Crippen molar-refractivity contribution in [3.05, 3.63) is 61.2 Å². The number of rotatable bonds is 6. The van der Waals surface area contributed by atoms with Gasteiger partial charge in [-0.25, -0.2) is 18.4 Å². The number of aromatic nitrogens is 3. The summed E-state index contributed by atoms with van der Waals surface area (Å²) in [5, 5.41) is 6.25. The molecule has 0 saturated heterocycles. The highest BCUT2D eigenvalue weighted by molar-refractivity contribution is 7.91. The number of nitrogens with zero attached hydrogens (tertiary/aromatic N) is 3. The molecule has 3 aromatic rings. The number of pyridine rings is 1. The number of anilines is 4. The molecule has 0 amide bonds. The topological polar surface area (TPSA) is 96.9 Å². The second kappa shape index (κ2) is 7.27. The Morgan fingerprint density at radius 2 is 1.60 bits per heavy atom. The lowest BCUT2D eigenvalue weighted by Crippen LogP contribution is -2.04. The van der Waals surface area contributed by atoms with Crippen LogP contribution in [-0.4, -0.2) is 29.1 Å². The van der Waals surface area contributed by atoms with Crippen LogP contribution in [0, 0.1) is 0 Å². The third-order valence-electron chi connectivity index (χ3n) is 3.47. The van der Waals surface area contributed by atoms with Crippen molar-refractivity contribution >= 4 is 32.8 Å². The standard InChI is InChI=1S/C17H17N5O2S/c1-2-25(23,24)15-5-3-4-14(10-15)22-17-11-16(19-12-20-17)21-13-6-8-18-9-7-13/h3-12H,2H2,1H3,(H2,18,19,20,21,22). The maximum absolute atomic E-state index is 12.0. The molecule has 7 nitrogen and oxygen atoms in total. The van der Waals surface area contributed by atoms with Crippen molar-refractivity contribution in [2.45, 2.75) is 11.8 Å². The first kappa shape index (κ1) is 16.8. The van der Waals surface area contributed by atoms with Crippen LogP contribution in [0.5, 0.6) is 0 Å². The first-order chi connectivity index (χ1) is 12.1. The summed E-state index contributed by atoms with van der Waals surface area (Å²) in [6, 6.07) is 12.1. The number of hydrogen-bond acceptors (Lipinski definition) is 7. The largest absolute Gasteiger partial charge is 0.340 e. The molecule has 2 aromatic heterocycles. The molecule has 0 atom stereocenters.